The van der Waals surface area contributed by atoms with Gasteiger partial charge >= 0.3 is 5.97 Å². The molecule has 0 saturated carbocycles. The first kappa shape index (κ1) is 14.6. The molecule has 6 heteroatoms. The van der Waals surface area contributed by atoms with Crippen molar-refractivity contribution in [3.63, 3.8) is 0 Å². The van der Waals surface area contributed by atoms with Crippen LogP contribution in [-0.2, 0) is 11.3 Å². The zero-order chi connectivity index (χ0) is 14.8. The maximum absolute atomic E-state index is 11.1. The minimum atomic E-state index is -1.15. The Morgan fingerprint density at radius 2 is 2.30 bits per heavy atom. The second-order valence-corrected chi connectivity index (χ2v) is 5.16. The third-order valence-electron chi connectivity index (χ3n) is 3.54. The van der Waals surface area contributed by atoms with E-state index in [-0.39, 0.29) is 5.75 Å². The molecule has 1 saturated heterocycles. The molecule has 0 amide bonds. The molecular weight excluding hydrogens is 260 g/mol. The molecule has 1 heterocycles. The summed E-state index contributed by atoms with van der Waals surface area (Å²) in [5.74, 6) is -0.405. The lowest BCUT2D eigenvalue weighted by molar-refractivity contribution is -0.142. The van der Waals surface area contributed by atoms with E-state index in [2.05, 4.69) is 0 Å². The van der Waals surface area contributed by atoms with Crippen LogP contribution >= 0.6 is 0 Å². The number of nitrogens with two attached hydrogens (primary N) is 1. The largest absolute Gasteiger partial charge is 0.504 e. The minimum absolute atomic E-state index is 0.107. The summed E-state index contributed by atoms with van der Waals surface area (Å²) in [6, 6.07) is 5.16. The van der Waals surface area contributed by atoms with Crippen LogP contribution in [-0.4, -0.2) is 46.3 Å². The van der Waals surface area contributed by atoms with Gasteiger partial charge in [0, 0.05) is 19.6 Å². The molecule has 0 aliphatic carbocycles. The normalized spacial score (nSPS) is 22.9. The quantitative estimate of drug-likeness (QED) is 0.737. The highest BCUT2D eigenvalue weighted by Crippen LogP contribution is 2.28. The van der Waals surface area contributed by atoms with Gasteiger partial charge in [0.1, 0.15) is 5.54 Å². The van der Waals surface area contributed by atoms with Crippen LogP contribution in [0.15, 0.2) is 18.2 Å². The fraction of sp³-hybridized carbons (Fsp3) is 0.500. The number of ether oxygens (including phenoxy) is 1. The summed E-state index contributed by atoms with van der Waals surface area (Å²) in [7, 11) is 0. The Morgan fingerprint density at radius 3 is 2.90 bits per heavy atom. The molecule has 1 fully saturated rings. The summed E-state index contributed by atoms with van der Waals surface area (Å²) >= 11 is 0. The molecule has 0 aromatic heterocycles. The van der Waals surface area contributed by atoms with Crippen LogP contribution < -0.4 is 10.5 Å². The lowest BCUT2D eigenvalue weighted by Gasteiger charge is -2.20. The number of nitrogens with zero attached hydrogens (tertiary/aromatic N) is 1. The van der Waals surface area contributed by atoms with Gasteiger partial charge in [-0.3, -0.25) is 9.69 Å². The molecule has 110 valence electrons. The predicted octanol–water partition coefficient (Wildman–Crippen LogP) is 0.779. The zero-order valence-electron chi connectivity index (χ0n) is 11.5. The van der Waals surface area contributed by atoms with Gasteiger partial charge in [0.15, 0.2) is 11.5 Å². The summed E-state index contributed by atoms with van der Waals surface area (Å²) in [6.45, 7) is 3.89. The van der Waals surface area contributed by atoms with Gasteiger partial charge in [-0.2, -0.15) is 0 Å². The maximum Gasteiger partial charge on any atom is 0.325 e. The van der Waals surface area contributed by atoms with E-state index in [4.69, 9.17) is 15.6 Å². The van der Waals surface area contributed by atoms with Gasteiger partial charge in [0.25, 0.3) is 0 Å². The van der Waals surface area contributed by atoms with Crippen LogP contribution in [0.2, 0.25) is 0 Å². The molecular formula is C14H20N2O4. The first-order valence-electron chi connectivity index (χ1n) is 6.64. The van der Waals surface area contributed by atoms with Crippen molar-refractivity contribution in [2.24, 2.45) is 5.73 Å². The number of carboxylic acid groups (broad SMARTS) is 1. The second kappa shape index (κ2) is 5.68. The Balaban J connectivity index is 2.04. The number of carboxylic acids is 1. The second-order valence-electron chi connectivity index (χ2n) is 5.16. The van der Waals surface area contributed by atoms with Crippen LogP contribution in [0.3, 0.4) is 0 Å². The van der Waals surface area contributed by atoms with E-state index in [9.17, 15) is 9.90 Å². The van der Waals surface area contributed by atoms with Crippen molar-refractivity contribution in [1.82, 2.24) is 4.90 Å². The molecule has 1 aliphatic heterocycles. The lowest BCUT2D eigenvalue weighted by atomic mass is 10.0. The Labute approximate surface area is 117 Å². The molecule has 0 bridgehead atoms. The molecule has 1 atom stereocenters. The van der Waals surface area contributed by atoms with E-state index in [1.54, 1.807) is 18.2 Å². The minimum Gasteiger partial charge on any atom is -0.504 e. The van der Waals surface area contributed by atoms with E-state index >= 15 is 0 Å². The van der Waals surface area contributed by atoms with Gasteiger partial charge < -0.3 is 20.7 Å². The van der Waals surface area contributed by atoms with E-state index in [1.165, 1.54) is 0 Å². The molecule has 20 heavy (non-hydrogen) atoms. The highest BCUT2D eigenvalue weighted by atomic mass is 16.5. The smallest absolute Gasteiger partial charge is 0.325 e. The summed E-state index contributed by atoms with van der Waals surface area (Å²) in [5, 5.41) is 18.7. The van der Waals surface area contributed by atoms with Gasteiger partial charge in [-0.05, 0) is 31.0 Å². The number of phenolic OH excluding ortho intramolecular Hbond substituents is 1. The van der Waals surface area contributed by atoms with Crippen LogP contribution in [0.25, 0.3) is 0 Å². The predicted molar refractivity (Wildman–Crippen MR) is 73.7 cm³/mol. The van der Waals surface area contributed by atoms with Gasteiger partial charge in [-0.25, -0.2) is 0 Å². The zero-order valence-corrected chi connectivity index (χ0v) is 11.5. The molecule has 2 rings (SSSR count). The number of hydrogen-bond acceptors (Lipinski definition) is 5. The molecule has 1 aromatic carbocycles. The number of carbonyl (C=O) groups is 1. The Morgan fingerprint density at radius 1 is 1.55 bits per heavy atom. The molecule has 1 unspecified atom stereocenters. The number of aromatic hydroxyl groups is 1. The van der Waals surface area contributed by atoms with E-state index in [0.717, 1.165) is 5.56 Å². The number of aliphatic carboxylic acids is 1. The summed E-state index contributed by atoms with van der Waals surface area (Å²) in [6.07, 6.45) is 0.443. The molecule has 6 nitrogen and oxygen atoms in total. The maximum atomic E-state index is 11.1. The third-order valence-corrected chi connectivity index (χ3v) is 3.54. The summed E-state index contributed by atoms with van der Waals surface area (Å²) in [5.41, 5.74) is 5.65. The summed E-state index contributed by atoms with van der Waals surface area (Å²) < 4.78 is 5.33. The van der Waals surface area contributed by atoms with Crippen LogP contribution in [0.5, 0.6) is 11.5 Å². The third kappa shape index (κ3) is 3.02. The number of phenols is 1. The fourth-order valence-electron chi connectivity index (χ4n) is 2.41. The van der Waals surface area contributed by atoms with E-state index in [1.807, 2.05) is 11.8 Å². The topological polar surface area (TPSA) is 96.0 Å². The van der Waals surface area contributed by atoms with Crippen molar-refractivity contribution in [1.29, 1.82) is 0 Å². The van der Waals surface area contributed by atoms with Crippen molar-refractivity contribution in [2.75, 3.05) is 19.7 Å². The van der Waals surface area contributed by atoms with Crippen LogP contribution in [0.1, 0.15) is 18.9 Å². The fourth-order valence-corrected chi connectivity index (χ4v) is 2.41. The van der Waals surface area contributed by atoms with Gasteiger partial charge in [-0.1, -0.05) is 6.07 Å². The average Bonchev–Trinajstić information content (AvgIpc) is 2.77. The Bertz CT molecular complexity index is 506. The van der Waals surface area contributed by atoms with Gasteiger partial charge in [0.2, 0.25) is 0 Å². The van der Waals surface area contributed by atoms with Crippen molar-refractivity contribution in [2.45, 2.75) is 25.4 Å². The number of likely N-dealkylation sites (tertiary alicyclic amines) is 1. The highest BCUT2D eigenvalue weighted by molar-refractivity contribution is 5.79. The molecule has 4 N–H and O–H groups in total. The standard InChI is InChI=1S/C14H20N2O4/c1-2-20-12-7-10(3-4-11(12)17)8-16-6-5-14(15,9-16)13(18)19/h3-4,7,17H,2,5-6,8-9,15H2,1H3,(H,18,19). The molecule has 1 aliphatic rings. The Hall–Kier alpha value is -1.79. The van der Waals surface area contributed by atoms with Crippen molar-refractivity contribution >= 4 is 5.97 Å². The first-order chi connectivity index (χ1) is 9.44. The molecule has 0 spiro atoms. The Kier molecular flexibility index (Phi) is 4.15. The first-order valence-corrected chi connectivity index (χ1v) is 6.64. The molecule has 1 aromatic rings. The van der Waals surface area contributed by atoms with Gasteiger partial charge in [0.05, 0.1) is 6.61 Å². The summed E-state index contributed by atoms with van der Waals surface area (Å²) in [4.78, 5) is 13.1. The monoisotopic (exact) mass is 280 g/mol. The van der Waals surface area contributed by atoms with Crippen molar-refractivity contribution < 1.29 is 19.7 Å². The van der Waals surface area contributed by atoms with Crippen molar-refractivity contribution in [3.05, 3.63) is 23.8 Å². The lowest BCUT2D eigenvalue weighted by Crippen LogP contribution is -2.50. The van der Waals surface area contributed by atoms with Crippen LogP contribution in [0, 0.1) is 0 Å². The average molecular weight is 280 g/mol. The molecule has 0 radical (unpaired) electrons. The van der Waals surface area contributed by atoms with Crippen LogP contribution in [0.4, 0.5) is 0 Å². The highest BCUT2D eigenvalue weighted by Gasteiger charge is 2.41. The van der Waals surface area contributed by atoms with Gasteiger partial charge in [-0.15, -0.1) is 0 Å². The number of rotatable bonds is 5. The SMILES string of the molecule is CCOc1cc(CN2CCC(N)(C(=O)O)C2)ccc1O. The number of benzene rings is 1. The van der Waals surface area contributed by atoms with E-state index in [0.29, 0.717) is 38.4 Å². The van der Waals surface area contributed by atoms with E-state index < -0.39 is 11.5 Å². The number of hydrogen-bond donors (Lipinski definition) is 3. The van der Waals surface area contributed by atoms with Crippen molar-refractivity contribution in [3.8, 4) is 11.5 Å².